The first-order chi connectivity index (χ1) is 16.0. The van der Waals surface area contributed by atoms with E-state index in [1.165, 1.54) is 0 Å². The van der Waals surface area contributed by atoms with Crippen molar-refractivity contribution in [2.45, 2.75) is 71.2 Å². The molecule has 3 rings (SSSR count). The van der Waals surface area contributed by atoms with Gasteiger partial charge in [-0.15, -0.1) is 11.3 Å². The molecular formula is C16H27BN2O2S. The van der Waals surface area contributed by atoms with Crippen LogP contribution >= 0.6 is 11.3 Å². The largest absolute Gasteiger partial charge is 0.507 e. The number of nitrogens with zero attached hydrogens (tertiary/aromatic N) is 2. The van der Waals surface area contributed by atoms with Crippen molar-refractivity contribution in [2.24, 2.45) is 0 Å². The number of thiazole rings is 1. The van der Waals surface area contributed by atoms with E-state index in [1.54, 1.807) is 27.7 Å². The summed E-state index contributed by atoms with van der Waals surface area (Å²) in [5.41, 5.74) is -2.95. The quantitative estimate of drug-likeness (QED) is 0.794. The average molecular weight is 337 g/mol. The molecule has 0 saturated carbocycles. The summed E-state index contributed by atoms with van der Waals surface area (Å²) < 4.78 is 133. The first-order valence-electron chi connectivity index (χ1n) is 14.2. The molecule has 122 valence electrons. The Morgan fingerprint density at radius 3 is 2.41 bits per heavy atom. The van der Waals surface area contributed by atoms with Gasteiger partial charge in [-0.25, -0.2) is 4.98 Å². The molecule has 4 nitrogen and oxygen atoms in total. The monoisotopic (exact) mass is 337 g/mol. The van der Waals surface area contributed by atoms with Crippen molar-refractivity contribution >= 4 is 28.4 Å². The zero-order chi connectivity index (χ0) is 29.2. The van der Waals surface area contributed by atoms with Crippen LogP contribution < -0.4 is 9.68 Å². The molecule has 0 amide bonds. The predicted molar refractivity (Wildman–Crippen MR) is 93.4 cm³/mol. The van der Waals surface area contributed by atoms with E-state index in [1.807, 2.05) is 0 Å². The summed E-state index contributed by atoms with van der Waals surface area (Å²) in [6, 6.07) is 0. The molecule has 0 radical (unpaired) electrons. The number of rotatable bonds is 3. The van der Waals surface area contributed by atoms with E-state index in [4.69, 9.17) is 29.9 Å². The van der Waals surface area contributed by atoms with Gasteiger partial charge in [0.15, 0.2) is 5.13 Å². The molecule has 3 heterocycles. The standard InChI is InChI=1S/C16H27BN2O2S/c1-11(2)12-13(17-20-15(3,4)16(5,6)21-17)22-14(18-12)19-9-7-8-10-19/h11H,7-10H2,1-6H3/i1D3,2D3,7D2,8D2,9D2,10D2,11D. The summed E-state index contributed by atoms with van der Waals surface area (Å²) in [6.07, 6.45) is -6.85. The third kappa shape index (κ3) is 2.70. The molecular weight excluding hydrogens is 295 g/mol. The second-order valence-electron chi connectivity index (χ2n) is 5.98. The van der Waals surface area contributed by atoms with Crippen LogP contribution in [0.5, 0.6) is 0 Å². The molecule has 0 aliphatic carbocycles. The lowest BCUT2D eigenvalue weighted by atomic mass is 9.84. The molecule has 2 aliphatic rings. The molecule has 0 spiro atoms. The molecule has 2 saturated heterocycles. The number of hydrogen-bond donors (Lipinski definition) is 0. The lowest BCUT2D eigenvalue weighted by molar-refractivity contribution is 0.00578. The van der Waals surface area contributed by atoms with Gasteiger partial charge in [0, 0.05) is 33.6 Å². The van der Waals surface area contributed by atoms with Crippen molar-refractivity contribution in [3.8, 4) is 0 Å². The van der Waals surface area contributed by atoms with Gasteiger partial charge in [0.2, 0.25) is 0 Å². The van der Waals surface area contributed by atoms with Gasteiger partial charge in [-0.2, -0.15) is 0 Å². The Kier molecular flexibility index (Phi) is 1.51. The predicted octanol–water partition coefficient (Wildman–Crippen LogP) is 3.17. The molecule has 22 heavy (non-hydrogen) atoms. The van der Waals surface area contributed by atoms with Gasteiger partial charge < -0.3 is 14.2 Å². The normalized spacial score (nSPS) is 44.6. The van der Waals surface area contributed by atoms with Gasteiger partial charge in [0.25, 0.3) is 0 Å². The Bertz CT molecular complexity index is 1030. The molecule has 1 aromatic heterocycles. The highest BCUT2D eigenvalue weighted by molar-refractivity contribution is 7.25. The van der Waals surface area contributed by atoms with Crippen LogP contribution in [-0.2, 0) is 9.31 Å². The van der Waals surface area contributed by atoms with Gasteiger partial charge in [-0.3, -0.25) is 0 Å². The molecule has 0 N–H and O–H groups in total. The Labute approximate surface area is 159 Å². The van der Waals surface area contributed by atoms with E-state index in [9.17, 15) is 0 Å². The van der Waals surface area contributed by atoms with Crippen molar-refractivity contribution in [1.29, 1.82) is 0 Å². The molecule has 1 aromatic rings. The van der Waals surface area contributed by atoms with Crippen molar-refractivity contribution in [3.05, 3.63) is 5.69 Å². The van der Waals surface area contributed by atoms with Gasteiger partial charge in [-0.05, 0) is 46.3 Å². The Morgan fingerprint density at radius 1 is 1.27 bits per heavy atom. The highest BCUT2D eigenvalue weighted by Crippen LogP contribution is 2.38. The van der Waals surface area contributed by atoms with Gasteiger partial charge in [-0.1, -0.05) is 13.7 Å². The lowest BCUT2D eigenvalue weighted by Gasteiger charge is -2.32. The number of anilines is 1. The number of hydrogen-bond acceptors (Lipinski definition) is 5. The van der Waals surface area contributed by atoms with E-state index in [0.717, 1.165) is 0 Å². The van der Waals surface area contributed by atoms with Crippen LogP contribution in [0.25, 0.3) is 0 Å². The summed E-state index contributed by atoms with van der Waals surface area (Å²) in [7, 11) is -1.49. The van der Waals surface area contributed by atoms with Crippen LogP contribution in [0.1, 0.15) is 86.3 Å². The Morgan fingerprint density at radius 2 is 1.86 bits per heavy atom. The highest BCUT2D eigenvalue weighted by Gasteiger charge is 2.53. The fourth-order valence-electron chi connectivity index (χ4n) is 2.00. The topological polar surface area (TPSA) is 34.6 Å². The summed E-state index contributed by atoms with van der Waals surface area (Å²) in [4.78, 5) is 4.01. The first kappa shape index (κ1) is 6.05. The molecule has 2 aliphatic heterocycles. The number of aromatic nitrogens is 1. The zero-order valence-corrected chi connectivity index (χ0v) is 13.5. The smallest absolute Gasteiger partial charge is 0.399 e. The molecule has 0 unspecified atom stereocenters. The van der Waals surface area contributed by atoms with E-state index in [-0.39, 0.29) is 9.68 Å². The molecule has 0 aromatic carbocycles. The maximum Gasteiger partial charge on any atom is 0.507 e. The van der Waals surface area contributed by atoms with E-state index in [2.05, 4.69) is 4.98 Å². The van der Waals surface area contributed by atoms with Gasteiger partial charge in [0.05, 0.1) is 21.7 Å². The van der Waals surface area contributed by atoms with Crippen LogP contribution in [0, 0.1) is 0 Å². The zero-order valence-electron chi connectivity index (χ0n) is 27.7. The fraction of sp³-hybridized carbons (Fsp3) is 0.812. The molecule has 2 fully saturated rings. The van der Waals surface area contributed by atoms with Crippen molar-refractivity contribution in [1.82, 2.24) is 4.98 Å². The lowest BCUT2D eigenvalue weighted by Crippen LogP contribution is -2.41. The van der Waals surface area contributed by atoms with Crippen LogP contribution in [0.15, 0.2) is 0 Å². The van der Waals surface area contributed by atoms with E-state index < -0.39 is 74.5 Å². The maximum atomic E-state index is 8.66. The molecule has 6 heteroatoms. The highest BCUT2D eigenvalue weighted by atomic mass is 32.1. The van der Waals surface area contributed by atoms with Gasteiger partial charge >= 0.3 is 7.12 Å². The molecule has 0 atom stereocenters. The van der Waals surface area contributed by atoms with E-state index >= 15 is 0 Å². The maximum absolute atomic E-state index is 8.66. The SMILES string of the molecule is [2H]C([2H])([2H])C([2H])(c1nc(N2C([2H])([2H])C([2H])([2H])C([2H])([2H])C2([2H])[2H])sc1B1OC(C)(C)C(C)(C)O1)C([2H])([2H])[2H]. The summed E-state index contributed by atoms with van der Waals surface area (Å²) in [5, 5.41) is -0.773. The third-order valence-electron chi connectivity index (χ3n) is 3.94. The van der Waals surface area contributed by atoms with Crippen LogP contribution in [0.3, 0.4) is 0 Å². The molecule has 0 bridgehead atoms. The van der Waals surface area contributed by atoms with Crippen LogP contribution in [0.2, 0.25) is 0 Å². The first-order valence-corrected chi connectivity index (χ1v) is 7.51. The summed E-state index contributed by atoms with van der Waals surface area (Å²) in [6.45, 7) is -7.18. The minimum atomic E-state index is -3.52. The van der Waals surface area contributed by atoms with Crippen LogP contribution in [0.4, 0.5) is 5.13 Å². The minimum absolute atomic E-state index is 0.0857. The third-order valence-corrected chi connectivity index (χ3v) is 5.00. The second-order valence-corrected chi connectivity index (χ2v) is 6.99. The minimum Gasteiger partial charge on any atom is -0.399 e. The van der Waals surface area contributed by atoms with Crippen LogP contribution in [-0.4, -0.2) is 36.3 Å². The van der Waals surface area contributed by atoms with Gasteiger partial charge in [0.1, 0.15) is 0 Å². The fourth-order valence-corrected chi connectivity index (χ4v) is 2.95. The summed E-state index contributed by atoms with van der Waals surface area (Å²) in [5.74, 6) is -3.41. The van der Waals surface area contributed by atoms with Crippen molar-refractivity contribution in [2.75, 3.05) is 17.9 Å². The summed E-state index contributed by atoms with van der Waals surface area (Å²) >= 11 is 0.352. The van der Waals surface area contributed by atoms with Crippen molar-refractivity contribution in [3.63, 3.8) is 0 Å². The van der Waals surface area contributed by atoms with Crippen molar-refractivity contribution < 1.29 is 29.9 Å². The Hall–Kier alpha value is -0.585. The second kappa shape index (κ2) is 5.50. The van der Waals surface area contributed by atoms with E-state index in [0.29, 0.717) is 11.3 Å². The Balaban J connectivity index is 2.38. The average Bonchev–Trinajstić information content (AvgIpc) is 3.18.